The van der Waals surface area contributed by atoms with E-state index in [0.29, 0.717) is 19.0 Å². The number of fused-ring (bicyclic) bond motifs is 3. The van der Waals surface area contributed by atoms with Crippen LogP contribution < -0.4 is 26.2 Å². The Kier molecular flexibility index (Phi) is 10.6. The molecule has 260 valence electrons. The van der Waals surface area contributed by atoms with Crippen molar-refractivity contribution < 1.29 is 14.3 Å². The lowest BCUT2D eigenvalue weighted by Gasteiger charge is -2.43. The van der Waals surface area contributed by atoms with Crippen molar-refractivity contribution in [3.63, 3.8) is 0 Å². The van der Waals surface area contributed by atoms with Crippen LogP contribution in [0.15, 0.2) is 103 Å². The minimum absolute atomic E-state index is 0.0503. The van der Waals surface area contributed by atoms with E-state index in [9.17, 15) is 5.11 Å². The van der Waals surface area contributed by atoms with Crippen molar-refractivity contribution in [2.45, 2.75) is 71.2 Å². The summed E-state index contributed by atoms with van der Waals surface area (Å²) in [5, 5.41) is 17.2. The lowest BCUT2D eigenvalue weighted by molar-refractivity contribution is 0.281. The second-order valence-electron chi connectivity index (χ2n) is 14.0. The fraction of sp³-hybridized carbons (Fsp3) is 0.317. The molecule has 1 atom stereocenters. The molecule has 8 nitrogen and oxygen atoms in total. The van der Waals surface area contributed by atoms with Crippen molar-refractivity contribution in [2.24, 2.45) is 0 Å². The summed E-state index contributed by atoms with van der Waals surface area (Å²) in [4.78, 5) is 9.58. The third-order valence-corrected chi connectivity index (χ3v) is 14.7. The largest absolute Gasteiger partial charge is 0.496 e. The number of nitrogens with one attached hydrogen (secondary N) is 1. The van der Waals surface area contributed by atoms with E-state index in [0.717, 1.165) is 58.1 Å². The van der Waals surface area contributed by atoms with Crippen molar-refractivity contribution in [2.75, 3.05) is 24.8 Å². The van der Waals surface area contributed by atoms with Crippen molar-refractivity contribution in [1.82, 2.24) is 14.5 Å². The predicted octanol–water partition coefficient (Wildman–Crippen LogP) is 7.26. The average molecular weight is 688 g/mol. The van der Waals surface area contributed by atoms with Crippen LogP contribution >= 0.6 is 0 Å². The Morgan fingerprint density at radius 3 is 2.16 bits per heavy atom. The molecular formula is C41H49N5O3Si. The molecule has 0 aliphatic heterocycles. The molecule has 2 aromatic heterocycles. The van der Waals surface area contributed by atoms with E-state index in [2.05, 4.69) is 110 Å². The highest BCUT2D eigenvalue weighted by Gasteiger charge is 2.50. The summed E-state index contributed by atoms with van der Waals surface area (Å²) in [6.07, 6.45) is 2.72. The van der Waals surface area contributed by atoms with Crippen LogP contribution in [0.5, 0.6) is 5.75 Å². The van der Waals surface area contributed by atoms with Crippen molar-refractivity contribution in [3.05, 3.63) is 114 Å². The first-order valence-corrected chi connectivity index (χ1v) is 19.4. The monoisotopic (exact) mass is 687 g/mol. The minimum Gasteiger partial charge on any atom is -0.496 e. The summed E-state index contributed by atoms with van der Waals surface area (Å²) in [5.41, 5.74) is 10.9. The van der Waals surface area contributed by atoms with Gasteiger partial charge in [-0.2, -0.15) is 4.98 Å². The number of ether oxygens (including phenoxy) is 1. The fourth-order valence-electron chi connectivity index (χ4n) is 7.38. The van der Waals surface area contributed by atoms with E-state index in [1.165, 1.54) is 10.4 Å². The maximum atomic E-state index is 9.92. The Bertz CT molecular complexity index is 2000. The maximum absolute atomic E-state index is 9.92. The summed E-state index contributed by atoms with van der Waals surface area (Å²) in [6, 6.07) is 35.7. The van der Waals surface area contributed by atoms with Crippen LogP contribution in [0.2, 0.25) is 5.04 Å². The van der Waals surface area contributed by atoms with Gasteiger partial charge in [0.05, 0.1) is 25.8 Å². The number of anilines is 2. The zero-order chi connectivity index (χ0) is 35.3. The molecule has 0 fully saturated rings. The molecule has 2 heterocycles. The number of aromatic nitrogens is 3. The number of methoxy groups -OCH3 is 1. The number of nitrogens with zero attached hydrogens (tertiary/aromatic N) is 3. The molecule has 4 aromatic carbocycles. The van der Waals surface area contributed by atoms with E-state index in [4.69, 9.17) is 24.9 Å². The molecule has 9 heteroatoms. The van der Waals surface area contributed by atoms with Crippen LogP contribution in [-0.2, 0) is 17.6 Å². The minimum atomic E-state index is -2.68. The molecule has 0 aliphatic carbocycles. The van der Waals surface area contributed by atoms with E-state index in [1.807, 2.05) is 30.3 Å². The quantitative estimate of drug-likeness (QED) is 0.104. The molecule has 0 bridgehead atoms. The Labute approximate surface area is 296 Å². The fourth-order valence-corrected chi connectivity index (χ4v) is 12.0. The molecule has 0 saturated heterocycles. The number of nitrogens with two attached hydrogens (primary N) is 1. The molecule has 0 amide bonds. The van der Waals surface area contributed by atoms with E-state index >= 15 is 0 Å². The highest BCUT2D eigenvalue weighted by atomic mass is 28.4. The molecule has 6 rings (SSSR count). The summed E-state index contributed by atoms with van der Waals surface area (Å²) in [6.45, 7) is 10.2. The number of hydrogen-bond acceptors (Lipinski definition) is 7. The van der Waals surface area contributed by atoms with Crippen LogP contribution in [0.1, 0.15) is 58.1 Å². The van der Waals surface area contributed by atoms with Gasteiger partial charge >= 0.3 is 0 Å². The Balaban J connectivity index is 1.38. The summed E-state index contributed by atoms with van der Waals surface area (Å²) in [7, 11) is -1.01. The van der Waals surface area contributed by atoms with Gasteiger partial charge in [0.15, 0.2) is 5.82 Å². The van der Waals surface area contributed by atoms with Gasteiger partial charge in [0.1, 0.15) is 16.8 Å². The lowest BCUT2D eigenvalue weighted by atomic mass is 10.1. The Morgan fingerprint density at radius 2 is 1.54 bits per heavy atom. The number of hydrogen-bond donors (Lipinski definition) is 3. The predicted molar refractivity (Wildman–Crippen MR) is 208 cm³/mol. The average Bonchev–Trinajstić information content (AvgIpc) is 3.43. The number of benzene rings is 4. The first-order valence-electron chi connectivity index (χ1n) is 17.5. The standard InChI is InChI=1S/C41H49N5O3Si/c1-6-15-31(24-25-49-50(41(2,3)4,32-16-9-7-10-17-32)33-18-11-8-12-19-33)43-39-38-37(44-40(42)45-39)34-20-13-14-21-35(34)46(38)27-30-26-29(28-47)22-23-36(30)48-5/h7-14,16-23,26,31,47H,6,15,24-25,27-28H2,1-5H3,(H3,42,43,44,45)/t31-/m0/s1. The first kappa shape index (κ1) is 35.1. The summed E-state index contributed by atoms with van der Waals surface area (Å²) >= 11 is 0. The smallest absolute Gasteiger partial charge is 0.261 e. The highest BCUT2D eigenvalue weighted by Crippen LogP contribution is 2.38. The van der Waals surface area contributed by atoms with Gasteiger partial charge in [0.25, 0.3) is 8.32 Å². The SMILES string of the molecule is CCC[C@@H](CCO[Si](c1ccccc1)(c1ccccc1)C(C)(C)C)Nc1nc(N)nc2c3ccccc3n(Cc3cc(CO)ccc3OC)c12. The van der Waals surface area contributed by atoms with Gasteiger partial charge in [-0.05, 0) is 52.0 Å². The van der Waals surface area contributed by atoms with Crippen LogP contribution in [0, 0.1) is 0 Å². The molecular weight excluding hydrogens is 639 g/mol. The third kappa shape index (κ3) is 6.86. The summed E-state index contributed by atoms with van der Waals surface area (Å²) in [5.74, 6) is 1.68. The van der Waals surface area contributed by atoms with Gasteiger partial charge in [0.2, 0.25) is 5.95 Å². The summed E-state index contributed by atoms with van der Waals surface area (Å²) < 4.78 is 15.3. The molecule has 0 radical (unpaired) electrons. The van der Waals surface area contributed by atoms with Crippen molar-refractivity contribution in [3.8, 4) is 5.75 Å². The van der Waals surface area contributed by atoms with Gasteiger partial charge in [0, 0.05) is 23.6 Å². The second-order valence-corrected chi connectivity index (χ2v) is 18.3. The Hall–Kier alpha value is -4.70. The molecule has 0 saturated carbocycles. The van der Waals surface area contributed by atoms with Crippen LogP contribution in [0.4, 0.5) is 11.8 Å². The van der Waals surface area contributed by atoms with E-state index in [1.54, 1.807) is 7.11 Å². The molecule has 6 aromatic rings. The molecule has 0 spiro atoms. The van der Waals surface area contributed by atoms with Crippen LogP contribution in [0.25, 0.3) is 21.9 Å². The molecule has 50 heavy (non-hydrogen) atoms. The van der Waals surface area contributed by atoms with Gasteiger partial charge in [-0.15, -0.1) is 0 Å². The van der Waals surface area contributed by atoms with Crippen molar-refractivity contribution in [1.29, 1.82) is 0 Å². The number of para-hydroxylation sites is 1. The molecule has 0 unspecified atom stereocenters. The molecule has 0 aliphatic rings. The number of nitrogen functional groups attached to an aromatic ring is 1. The van der Waals surface area contributed by atoms with E-state index < -0.39 is 8.32 Å². The normalized spacial score (nSPS) is 12.8. The number of aliphatic hydroxyl groups excluding tert-OH is 1. The van der Waals surface area contributed by atoms with Crippen LogP contribution in [-0.4, -0.2) is 47.7 Å². The lowest BCUT2D eigenvalue weighted by Crippen LogP contribution is -2.66. The topological polar surface area (TPSA) is 107 Å². The van der Waals surface area contributed by atoms with Gasteiger partial charge in [-0.1, -0.05) is 119 Å². The van der Waals surface area contributed by atoms with Crippen LogP contribution in [0.3, 0.4) is 0 Å². The Morgan fingerprint density at radius 1 is 0.880 bits per heavy atom. The second kappa shape index (κ2) is 15.0. The maximum Gasteiger partial charge on any atom is 0.261 e. The van der Waals surface area contributed by atoms with Crippen molar-refractivity contribution >= 4 is 52.4 Å². The zero-order valence-corrected chi connectivity index (χ0v) is 30.8. The van der Waals surface area contributed by atoms with Gasteiger partial charge in [-0.25, -0.2) is 4.98 Å². The highest BCUT2D eigenvalue weighted by molar-refractivity contribution is 6.99. The number of rotatable bonds is 14. The molecule has 4 N–H and O–H groups in total. The van der Waals surface area contributed by atoms with Gasteiger partial charge in [-0.3, -0.25) is 0 Å². The third-order valence-electron chi connectivity index (χ3n) is 9.66. The number of aliphatic hydroxyl groups is 1. The van der Waals surface area contributed by atoms with E-state index in [-0.39, 0.29) is 23.6 Å². The van der Waals surface area contributed by atoms with Gasteiger partial charge < -0.3 is 29.9 Å². The first-order chi connectivity index (χ1) is 24.2. The zero-order valence-electron chi connectivity index (χ0n) is 29.8.